The number of Topliss-reactive ketones (excluding diaryl/α,β-unsaturated/α-hetero) is 2. The summed E-state index contributed by atoms with van der Waals surface area (Å²) in [5.74, 6) is 0.0484. The van der Waals surface area contributed by atoms with Crippen LogP contribution in [0.1, 0.15) is 33.2 Å². The Morgan fingerprint density at radius 1 is 1.05 bits per heavy atom. The van der Waals surface area contributed by atoms with Crippen molar-refractivity contribution in [3.8, 4) is 0 Å². The van der Waals surface area contributed by atoms with Gasteiger partial charge in [0.2, 0.25) is 0 Å². The van der Waals surface area contributed by atoms with Gasteiger partial charge in [0.15, 0.2) is 11.6 Å². The predicted molar refractivity (Wildman–Crippen MR) is 82.9 cm³/mol. The third-order valence-corrected chi connectivity index (χ3v) is 3.73. The van der Waals surface area contributed by atoms with Crippen molar-refractivity contribution in [3.05, 3.63) is 76.1 Å². The van der Waals surface area contributed by atoms with E-state index in [0.717, 1.165) is 10.0 Å². The number of ketones is 2. The Balaban J connectivity index is 2.13. The molecule has 3 heteroatoms. The lowest BCUT2D eigenvalue weighted by Gasteiger charge is -2.05. The summed E-state index contributed by atoms with van der Waals surface area (Å²) in [7, 11) is 0. The molecule has 2 nitrogen and oxygen atoms in total. The Labute approximate surface area is 127 Å². The molecule has 2 aromatic carbocycles. The van der Waals surface area contributed by atoms with Gasteiger partial charge in [0.05, 0.1) is 0 Å². The van der Waals surface area contributed by atoms with E-state index in [-0.39, 0.29) is 11.6 Å². The second kappa shape index (κ2) is 6.62. The first-order chi connectivity index (χ1) is 9.61. The standard InChI is InChI=1S/C17H14BrO2/c1-2-16(19)13-9-7-12(8-10-13)11-17(20)14-5-3-4-6-15(14)18/h2-10H,11H2,1H3. The summed E-state index contributed by atoms with van der Waals surface area (Å²) >= 11 is 3.38. The van der Waals surface area contributed by atoms with Crippen molar-refractivity contribution in [2.45, 2.75) is 13.3 Å². The molecule has 101 valence electrons. The van der Waals surface area contributed by atoms with Gasteiger partial charge in [-0.15, -0.1) is 0 Å². The summed E-state index contributed by atoms with van der Waals surface area (Å²) in [6.45, 7) is 1.71. The molecule has 2 aromatic rings. The van der Waals surface area contributed by atoms with Crippen molar-refractivity contribution in [1.29, 1.82) is 0 Å². The van der Waals surface area contributed by atoms with Crippen LogP contribution in [0.3, 0.4) is 0 Å². The SMILES string of the molecule is C[CH]C(=O)c1ccc(CC(=O)c2ccccc2Br)cc1. The predicted octanol–water partition coefficient (Wildman–Crippen LogP) is 4.28. The van der Waals surface area contributed by atoms with Crippen LogP contribution in [-0.2, 0) is 6.42 Å². The number of hydrogen-bond donors (Lipinski definition) is 0. The third-order valence-electron chi connectivity index (χ3n) is 3.04. The van der Waals surface area contributed by atoms with Crippen LogP contribution in [0.15, 0.2) is 53.0 Å². The third kappa shape index (κ3) is 3.42. The minimum Gasteiger partial charge on any atom is -0.294 e. The number of carbonyl (C=O) groups is 2. The van der Waals surface area contributed by atoms with Gasteiger partial charge in [0.1, 0.15) is 0 Å². The topological polar surface area (TPSA) is 34.1 Å². The molecule has 0 atom stereocenters. The highest BCUT2D eigenvalue weighted by atomic mass is 79.9. The molecule has 0 amide bonds. The minimum absolute atomic E-state index is 0.00585. The normalized spacial score (nSPS) is 10.3. The highest BCUT2D eigenvalue weighted by Crippen LogP contribution is 2.18. The molecule has 0 spiro atoms. The first-order valence-corrected chi connectivity index (χ1v) is 7.11. The first kappa shape index (κ1) is 14.7. The molecule has 1 radical (unpaired) electrons. The fourth-order valence-corrected chi connectivity index (χ4v) is 2.43. The van der Waals surface area contributed by atoms with Gasteiger partial charge in [-0.25, -0.2) is 0 Å². The summed E-state index contributed by atoms with van der Waals surface area (Å²) in [4.78, 5) is 23.7. The summed E-state index contributed by atoms with van der Waals surface area (Å²) in [5, 5.41) is 0. The Morgan fingerprint density at radius 3 is 2.30 bits per heavy atom. The molecule has 0 aliphatic heterocycles. The molecule has 0 saturated carbocycles. The van der Waals surface area contributed by atoms with Crippen LogP contribution in [0.2, 0.25) is 0 Å². The summed E-state index contributed by atoms with van der Waals surface area (Å²) in [5.41, 5.74) is 2.22. The van der Waals surface area contributed by atoms with Gasteiger partial charge in [-0.05, 0) is 11.6 Å². The van der Waals surface area contributed by atoms with Gasteiger partial charge in [0.25, 0.3) is 0 Å². The molecule has 0 heterocycles. The second-order valence-corrected chi connectivity index (χ2v) is 5.28. The maximum absolute atomic E-state index is 12.2. The number of rotatable bonds is 5. The Hall–Kier alpha value is -1.74. The van der Waals surface area contributed by atoms with Gasteiger partial charge in [-0.2, -0.15) is 0 Å². The quantitative estimate of drug-likeness (QED) is 0.767. The minimum atomic E-state index is -0.00585. The van der Waals surface area contributed by atoms with E-state index in [1.807, 2.05) is 30.3 Å². The van der Waals surface area contributed by atoms with Crippen LogP contribution in [0.4, 0.5) is 0 Å². The maximum Gasteiger partial charge on any atom is 0.168 e. The van der Waals surface area contributed by atoms with Crippen LogP contribution in [-0.4, -0.2) is 11.6 Å². The van der Waals surface area contributed by atoms with Crippen LogP contribution < -0.4 is 0 Å². The van der Waals surface area contributed by atoms with Crippen LogP contribution in [0, 0.1) is 6.42 Å². The molecule has 20 heavy (non-hydrogen) atoms. The van der Waals surface area contributed by atoms with E-state index in [9.17, 15) is 9.59 Å². The van der Waals surface area contributed by atoms with Crippen molar-refractivity contribution >= 4 is 27.5 Å². The Kier molecular flexibility index (Phi) is 4.85. The van der Waals surface area contributed by atoms with E-state index in [4.69, 9.17) is 0 Å². The molecule has 0 saturated heterocycles. The molecule has 0 bridgehead atoms. The zero-order valence-corrected chi connectivity index (χ0v) is 12.7. The number of carbonyl (C=O) groups excluding carboxylic acids is 2. The highest BCUT2D eigenvalue weighted by molar-refractivity contribution is 9.10. The molecule has 2 rings (SSSR count). The van der Waals surface area contributed by atoms with E-state index in [2.05, 4.69) is 15.9 Å². The van der Waals surface area contributed by atoms with E-state index < -0.39 is 0 Å². The summed E-state index contributed by atoms with van der Waals surface area (Å²) < 4.78 is 0.803. The average molecular weight is 330 g/mol. The molecule has 0 aliphatic carbocycles. The lowest BCUT2D eigenvalue weighted by Crippen LogP contribution is -2.05. The van der Waals surface area contributed by atoms with E-state index in [0.29, 0.717) is 17.5 Å². The van der Waals surface area contributed by atoms with Crippen LogP contribution in [0.25, 0.3) is 0 Å². The molecule has 0 unspecified atom stereocenters. The molecule has 0 aliphatic rings. The van der Waals surface area contributed by atoms with Gasteiger partial charge in [0, 0.05) is 28.4 Å². The Morgan fingerprint density at radius 2 is 1.70 bits per heavy atom. The van der Waals surface area contributed by atoms with Gasteiger partial charge < -0.3 is 0 Å². The van der Waals surface area contributed by atoms with Gasteiger partial charge in [-0.3, -0.25) is 9.59 Å². The lowest BCUT2D eigenvalue weighted by atomic mass is 10.0. The zero-order valence-electron chi connectivity index (χ0n) is 11.1. The fraction of sp³-hybridized carbons (Fsp3) is 0.118. The summed E-state index contributed by atoms with van der Waals surface area (Å²) in [6.07, 6.45) is 1.86. The summed E-state index contributed by atoms with van der Waals surface area (Å²) in [6, 6.07) is 14.5. The van der Waals surface area contributed by atoms with Crippen molar-refractivity contribution in [3.63, 3.8) is 0 Å². The highest BCUT2D eigenvalue weighted by Gasteiger charge is 2.10. The maximum atomic E-state index is 12.2. The lowest BCUT2D eigenvalue weighted by molar-refractivity contribution is 0.0991. The molecular formula is C17H14BrO2. The van der Waals surface area contributed by atoms with Gasteiger partial charge >= 0.3 is 0 Å². The number of halogens is 1. The Bertz CT molecular complexity index is 630. The molecule has 0 fully saturated rings. The van der Waals surface area contributed by atoms with E-state index >= 15 is 0 Å². The zero-order chi connectivity index (χ0) is 14.5. The van der Waals surface area contributed by atoms with E-state index in [1.165, 1.54) is 6.42 Å². The molecule has 0 aromatic heterocycles. The largest absolute Gasteiger partial charge is 0.294 e. The molecule has 0 N–H and O–H groups in total. The van der Waals surface area contributed by atoms with Crippen molar-refractivity contribution in [2.24, 2.45) is 0 Å². The van der Waals surface area contributed by atoms with Crippen LogP contribution >= 0.6 is 15.9 Å². The number of hydrogen-bond acceptors (Lipinski definition) is 2. The van der Waals surface area contributed by atoms with E-state index in [1.54, 1.807) is 25.1 Å². The van der Waals surface area contributed by atoms with Crippen molar-refractivity contribution in [2.75, 3.05) is 0 Å². The first-order valence-electron chi connectivity index (χ1n) is 6.32. The number of benzene rings is 2. The van der Waals surface area contributed by atoms with Crippen LogP contribution in [0.5, 0.6) is 0 Å². The average Bonchev–Trinajstić information content (AvgIpc) is 2.47. The fourth-order valence-electron chi connectivity index (χ4n) is 1.92. The monoisotopic (exact) mass is 329 g/mol. The van der Waals surface area contributed by atoms with Gasteiger partial charge in [-0.1, -0.05) is 65.3 Å². The second-order valence-electron chi connectivity index (χ2n) is 4.43. The molecular weight excluding hydrogens is 316 g/mol. The van der Waals surface area contributed by atoms with Crippen molar-refractivity contribution < 1.29 is 9.59 Å². The smallest absolute Gasteiger partial charge is 0.168 e. The van der Waals surface area contributed by atoms with Crippen molar-refractivity contribution in [1.82, 2.24) is 0 Å².